The van der Waals surface area contributed by atoms with E-state index in [9.17, 15) is 14.0 Å². The molecule has 1 amide bonds. The molecule has 0 aliphatic heterocycles. The first-order valence-electron chi connectivity index (χ1n) is 5.73. The quantitative estimate of drug-likeness (QED) is 0.857. The zero-order valence-corrected chi connectivity index (χ0v) is 9.60. The Morgan fingerprint density at radius 2 is 2.11 bits per heavy atom. The van der Waals surface area contributed by atoms with Crippen LogP contribution >= 0.6 is 0 Å². The number of aliphatic carboxylic acids is 1. The van der Waals surface area contributed by atoms with Crippen molar-refractivity contribution < 1.29 is 19.1 Å². The Kier molecular flexibility index (Phi) is 3.55. The third-order valence-electron chi connectivity index (χ3n) is 3.20. The summed E-state index contributed by atoms with van der Waals surface area (Å²) in [5, 5.41) is 11.4. The summed E-state index contributed by atoms with van der Waals surface area (Å²) in [6.07, 6.45) is 4.08. The zero-order chi connectivity index (χ0) is 13.1. The Bertz CT molecular complexity index is 478. The van der Waals surface area contributed by atoms with Crippen molar-refractivity contribution in [2.45, 2.75) is 19.3 Å². The number of carboxylic acids is 1. The lowest BCUT2D eigenvalue weighted by Gasteiger charge is -2.15. The molecular weight excluding hydrogens is 239 g/mol. The molecule has 2 N–H and O–H groups in total. The van der Waals surface area contributed by atoms with Crippen molar-refractivity contribution >= 4 is 17.6 Å². The molecule has 2 atom stereocenters. The highest BCUT2D eigenvalue weighted by Crippen LogP contribution is 2.33. The molecule has 6 heteroatoms. The molecule has 1 aromatic heterocycles. The maximum Gasteiger partial charge on any atom is 0.307 e. The van der Waals surface area contributed by atoms with E-state index in [1.165, 1.54) is 12.3 Å². The summed E-state index contributed by atoms with van der Waals surface area (Å²) in [6.45, 7) is 0. The van der Waals surface area contributed by atoms with Gasteiger partial charge >= 0.3 is 5.97 Å². The van der Waals surface area contributed by atoms with E-state index >= 15 is 0 Å². The molecule has 18 heavy (non-hydrogen) atoms. The number of aromatic nitrogens is 1. The Hall–Kier alpha value is -1.98. The van der Waals surface area contributed by atoms with E-state index in [1.807, 2.05) is 0 Å². The molecule has 0 aromatic carbocycles. The number of nitrogens with one attached hydrogen (secondary N) is 1. The Balaban J connectivity index is 2.08. The standard InChI is InChI=1S/C12H13FN2O3/c13-9-6-14-5-4-10(9)15-11(16)7-2-1-3-8(7)12(17)18/h4-8H,1-3H2,(H,17,18)(H,14,15,16). The van der Waals surface area contributed by atoms with Gasteiger partial charge in [-0.15, -0.1) is 0 Å². The summed E-state index contributed by atoms with van der Waals surface area (Å²) < 4.78 is 13.3. The molecule has 0 spiro atoms. The average molecular weight is 252 g/mol. The largest absolute Gasteiger partial charge is 0.481 e. The monoisotopic (exact) mass is 252 g/mol. The molecular formula is C12H13FN2O3. The molecule has 1 aromatic rings. The number of anilines is 1. The van der Waals surface area contributed by atoms with Crippen LogP contribution < -0.4 is 5.32 Å². The third-order valence-corrected chi connectivity index (χ3v) is 3.20. The van der Waals surface area contributed by atoms with Gasteiger partial charge in [0.2, 0.25) is 5.91 Å². The lowest BCUT2D eigenvalue weighted by Crippen LogP contribution is -2.30. The maximum atomic E-state index is 13.3. The number of amides is 1. The van der Waals surface area contributed by atoms with Gasteiger partial charge in [-0.1, -0.05) is 6.42 Å². The van der Waals surface area contributed by atoms with Crippen LogP contribution in [0.4, 0.5) is 10.1 Å². The predicted octanol–water partition coefficient (Wildman–Crippen LogP) is 1.66. The van der Waals surface area contributed by atoms with Gasteiger partial charge in [0.05, 0.1) is 23.7 Å². The smallest absolute Gasteiger partial charge is 0.307 e. The number of rotatable bonds is 3. The zero-order valence-electron chi connectivity index (χ0n) is 9.60. The van der Waals surface area contributed by atoms with Crippen molar-refractivity contribution in [1.29, 1.82) is 0 Å². The molecule has 96 valence electrons. The fraction of sp³-hybridized carbons (Fsp3) is 0.417. The van der Waals surface area contributed by atoms with E-state index < -0.39 is 29.5 Å². The minimum atomic E-state index is -0.970. The second-order valence-corrected chi connectivity index (χ2v) is 4.33. The van der Waals surface area contributed by atoms with Crippen molar-refractivity contribution in [3.05, 3.63) is 24.3 Å². The number of hydrogen-bond acceptors (Lipinski definition) is 3. The van der Waals surface area contributed by atoms with E-state index in [1.54, 1.807) is 0 Å². The van der Waals surface area contributed by atoms with E-state index in [2.05, 4.69) is 10.3 Å². The van der Waals surface area contributed by atoms with Gasteiger partial charge in [0.25, 0.3) is 0 Å². The first-order chi connectivity index (χ1) is 8.59. The van der Waals surface area contributed by atoms with E-state index in [-0.39, 0.29) is 5.69 Å². The van der Waals surface area contributed by atoms with E-state index in [0.717, 1.165) is 6.20 Å². The summed E-state index contributed by atoms with van der Waals surface area (Å²) in [7, 11) is 0. The maximum absolute atomic E-state index is 13.3. The number of hydrogen-bond donors (Lipinski definition) is 2. The molecule has 1 aliphatic rings. The Morgan fingerprint density at radius 3 is 2.78 bits per heavy atom. The minimum Gasteiger partial charge on any atom is -0.481 e. The van der Waals surface area contributed by atoms with Crippen LogP contribution in [-0.4, -0.2) is 22.0 Å². The summed E-state index contributed by atoms with van der Waals surface area (Å²) >= 11 is 0. The molecule has 2 unspecified atom stereocenters. The van der Waals surface area contributed by atoms with Gasteiger partial charge in [0, 0.05) is 6.20 Å². The summed E-state index contributed by atoms with van der Waals surface area (Å²) in [5.41, 5.74) is 0.0334. The van der Waals surface area contributed by atoms with Crippen molar-refractivity contribution in [2.24, 2.45) is 11.8 Å². The Labute approximate surface area is 103 Å². The van der Waals surface area contributed by atoms with Crippen LogP contribution in [0.25, 0.3) is 0 Å². The van der Waals surface area contributed by atoms with Crippen LogP contribution in [0.3, 0.4) is 0 Å². The molecule has 0 bridgehead atoms. The normalized spacial score (nSPS) is 22.7. The SMILES string of the molecule is O=C(O)C1CCCC1C(=O)Nc1ccncc1F. The van der Waals surface area contributed by atoms with Crippen LogP contribution in [0.5, 0.6) is 0 Å². The highest BCUT2D eigenvalue weighted by molar-refractivity contribution is 5.95. The van der Waals surface area contributed by atoms with Crippen LogP contribution in [0.1, 0.15) is 19.3 Å². The van der Waals surface area contributed by atoms with Crippen molar-refractivity contribution in [1.82, 2.24) is 4.98 Å². The van der Waals surface area contributed by atoms with Gasteiger partial charge in [0.1, 0.15) is 0 Å². The van der Waals surface area contributed by atoms with Crippen molar-refractivity contribution in [2.75, 3.05) is 5.32 Å². The molecule has 1 saturated carbocycles. The molecule has 0 saturated heterocycles. The second-order valence-electron chi connectivity index (χ2n) is 4.33. The minimum absolute atomic E-state index is 0.0334. The molecule has 0 radical (unpaired) electrons. The van der Waals surface area contributed by atoms with Gasteiger partial charge in [-0.3, -0.25) is 14.6 Å². The van der Waals surface area contributed by atoms with E-state index in [0.29, 0.717) is 19.3 Å². The molecule has 1 heterocycles. The van der Waals surface area contributed by atoms with Gasteiger partial charge in [-0.05, 0) is 18.9 Å². The van der Waals surface area contributed by atoms with Gasteiger partial charge in [-0.2, -0.15) is 0 Å². The van der Waals surface area contributed by atoms with Crippen LogP contribution in [-0.2, 0) is 9.59 Å². The van der Waals surface area contributed by atoms with Gasteiger partial charge < -0.3 is 10.4 Å². The molecule has 5 nitrogen and oxygen atoms in total. The lowest BCUT2D eigenvalue weighted by molar-refractivity contribution is -0.145. The van der Waals surface area contributed by atoms with E-state index in [4.69, 9.17) is 5.11 Å². The molecule has 1 aliphatic carbocycles. The second kappa shape index (κ2) is 5.12. The van der Waals surface area contributed by atoms with Crippen LogP contribution in [0, 0.1) is 17.7 Å². The highest BCUT2D eigenvalue weighted by atomic mass is 19.1. The number of pyridine rings is 1. The summed E-state index contributed by atoms with van der Waals surface area (Å²) in [6, 6.07) is 1.35. The molecule has 2 rings (SSSR count). The number of carbonyl (C=O) groups excluding carboxylic acids is 1. The van der Waals surface area contributed by atoms with Gasteiger partial charge in [-0.25, -0.2) is 4.39 Å². The van der Waals surface area contributed by atoms with Gasteiger partial charge in [0.15, 0.2) is 5.82 Å². The number of carboxylic acid groups (broad SMARTS) is 1. The number of halogens is 1. The topological polar surface area (TPSA) is 79.3 Å². The lowest BCUT2D eigenvalue weighted by atomic mass is 9.95. The summed E-state index contributed by atoms with van der Waals surface area (Å²) in [4.78, 5) is 26.5. The number of carbonyl (C=O) groups is 2. The third kappa shape index (κ3) is 2.47. The van der Waals surface area contributed by atoms with Crippen LogP contribution in [0.15, 0.2) is 18.5 Å². The molecule has 1 fully saturated rings. The number of nitrogens with zero attached hydrogens (tertiary/aromatic N) is 1. The average Bonchev–Trinajstić information content (AvgIpc) is 2.81. The van der Waals surface area contributed by atoms with Crippen molar-refractivity contribution in [3.63, 3.8) is 0 Å². The fourth-order valence-electron chi connectivity index (χ4n) is 2.27. The summed E-state index contributed by atoms with van der Waals surface area (Å²) in [5.74, 6) is -3.30. The van der Waals surface area contributed by atoms with Crippen LogP contribution in [0.2, 0.25) is 0 Å². The van der Waals surface area contributed by atoms with Crippen molar-refractivity contribution in [3.8, 4) is 0 Å². The first-order valence-corrected chi connectivity index (χ1v) is 5.73. The highest BCUT2D eigenvalue weighted by Gasteiger charge is 2.37. The fourth-order valence-corrected chi connectivity index (χ4v) is 2.27. The predicted molar refractivity (Wildman–Crippen MR) is 61.3 cm³/mol. The Morgan fingerprint density at radius 1 is 1.39 bits per heavy atom. The first kappa shape index (κ1) is 12.5.